The van der Waals surface area contributed by atoms with E-state index in [0.29, 0.717) is 24.5 Å². The highest BCUT2D eigenvalue weighted by Gasteiger charge is 2.34. The monoisotopic (exact) mass is 350 g/mol. The number of nitrogens with zero attached hydrogens (tertiary/aromatic N) is 3. The van der Waals surface area contributed by atoms with Crippen molar-refractivity contribution < 1.29 is 17.9 Å². The van der Waals surface area contributed by atoms with Crippen LogP contribution in [-0.2, 0) is 14.6 Å². The number of carbonyl (C=O) groups excluding carboxylic acids is 1. The predicted octanol–water partition coefficient (Wildman–Crippen LogP) is 0.730. The number of hydrogen-bond donors (Lipinski definition) is 1. The quantitative estimate of drug-likeness (QED) is 0.875. The number of nitrogens with one attached hydrogen (secondary N) is 1. The minimum absolute atomic E-state index is 0.0774. The molecule has 0 radical (unpaired) electrons. The van der Waals surface area contributed by atoms with Crippen LogP contribution >= 0.6 is 0 Å². The fraction of sp³-hybridized carbons (Fsp3) is 0.400. The summed E-state index contributed by atoms with van der Waals surface area (Å²) in [6.45, 7) is 2.74. The van der Waals surface area contributed by atoms with Crippen molar-refractivity contribution in [2.45, 2.75) is 17.9 Å². The summed E-state index contributed by atoms with van der Waals surface area (Å²) < 4.78 is 29.3. The molecule has 0 aliphatic carbocycles. The maximum absolute atomic E-state index is 12.9. The van der Waals surface area contributed by atoms with Crippen LogP contribution in [0.3, 0.4) is 0 Å². The van der Waals surface area contributed by atoms with Gasteiger partial charge in [0.2, 0.25) is 0 Å². The van der Waals surface area contributed by atoms with Gasteiger partial charge in [-0.2, -0.15) is 5.10 Å². The molecule has 3 heterocycles. The van der Waals surface area contributed by atoms with Gasteiger partial charge in [0.1, 0.15) is 10.6 Å². The Hall–Kier alpha value is -2.26. The van der Waals surface area contributed by atoms with Crippen LogP contribution in [0.5, 0.6) is 0 Å². The van der Waals surface area contributed by atoms with Crippen LogP contribution in [0.15, 0.2) is 29.4 Å². The first kappa shape index (κ1) is 16.6. The third-order valence-corrected chi connectivity index (χ3v) is 5.09. The Morgan fingerprint density at radius 1 is 1.46 bits per heavy atom. The van der Waals surface area contributed by atoms with Gasteiger partial charge in [-0.1, -0.05) is 6.07 Å². The lowest BCUT2D eigenvalue weighted by Crippen LogP contribution is -2.44. The van der Waals surface area contributed by atoms with E-state index in [9.17, 15) is 13.2 Å². The molecule has 3 rings (SSSR count). The number of ether oxygens (including phenoxy) is 1. The minimum atomic E-state index is -3.46. The maximum atomic E-state index is 12.9. The number of amides is 1. The molecule has 2 aromatic heterocycles. The van der Waals surface area contributed by atoms with Crippen molar-refractivity contribution in [1.29, 1.82) is 0 Å². The van der Waals surface area contributed by atoms with Crippen LogP contribution in [-0.4, -0.2) is 60.4 Å². The SMILES string of the molecule is Cc1cccnc1C(=O)N1CCOC[C@@H]1c1[nH]ncc1S(C)(=O)=O. The molecule has 24 heavy (non-hydrogen) atoms. The lowest BCUT2D eigenvalue weighted by atomic mass is 10.1. The molecular formula is C15H18N4O4S. The number of sulfone groups is 1. The van der Waals surface area contributed by atoms with Crippen molar-refractivity contribution in [3.63, 3.8) is 0 Å². The summed E-state index contributed by atoms with van der Waals surface area (Å²) in [5, 5.41) is 6.54. The second-order valence-electron chi connectivity index (χ2n) is 5.68. The van der Waals surface area contributed by atoms with E-state index < -0.39 is 15.9 Å². The molecule has 1 fully saturated rings. The first-order valence-corrected chi connectivity index (χ1v) is 9.32. The van der Waals surface area contributed by atoms with E-state index >= 15 is 0 Å². The molecule has 0 saturated carbocycles. The third-order valence-electron chi connectivity index (χ3n) is 3.97. The van der Waals surface area contributed by atoms with E-state index in [-0.39, 0.29) is 17.4 Å². The van der Waals surface area contributed by atoms with Crippen LogP contribution in [0.25, 0.3) is 0 Å². The van der Waals surface area contributed by atoms with Crippen LogP contribution in [0.2, 0.25) is 0 Å². The van der Waals surface area contributed by atoms with Crippen molar-refractivity contribution in [3.05, 3.63) is 41.5 Å². The fourth-order valence-corrected chi connectivity index (χ4v) is 3.58. The number of aromatic amines is 1. The van der Waals surface area contributed by atoms with Gasteiger partial charge in [-0.05, 0) is 18.6 Å². The third kappa shape index (κ3) is 3.04. The minimum Gasteiger partial charge on any atom is -0.377 e. The summed E-state index contributed by atoms with van der Waals surface area (Å²) in [4.78, 5) is 18.7. The number of carbonyl (C=O) groups is 1. The average Bonchev–Trinajstić information content (AvgIpc) is 3.04. The van der Waals surface area contributed by atoms with Crippen molar-refractivity contribution in [3.8, 4) is 0 Å². The lowest BCUT2D eigenvalue weighted by molar-refractivity contribution is -0.00503. The first-order chi connectivity index (χ1) is 11.4. The van der Waals surface area contributed by atoms with Gasteiger partial charge in [0, 0.05) is 19.0 Å². The number of hydrogen-bond acceptors (Lipinski definition) is 6. The zero-order valence-corrected chi connectivity index (χ0v) is 14.2. The molecule has 8 nitrogen and oxygen atoms in total. The summed E-state index contributed by atoms with van der Waals surface area (Å²) in [7, 11) is -3.46. The number of rotatable bonds is 3. The van der Waals surface area contributed by atoms with E-state index in [1.165, 1.54) is 6.20 Å². The molecule has 1 aliphatic rings. The van der Waals surface area contributed by atoms with Gasteiger partial charge in [0.05, 0.1) is 31.1 Å². The zero-order chi connectivity index (χ0) is 17.3. The average molecular weight is 350 g/mol. The summed E-state index contributed by atoms with van der Waals surface area (Å²) >= 11 is 0. The number of morpholine rings is 1. The van der Waals surface area contributed by atoms with E-state index in [2.05, 4.69) is 15.2 Å². The molecule has 1 N–H and O–H groups in total. The van der Waals surface area contributed by atoms with Crippen LogP contribution < -0.4 is 0 Å². The van der Waals surface area contributed by atoms with Crippen molar-refractivity contribution in [1.82, 2.24) is 20.1 Å². The molecule has 0 bridgehead atoms. The molecule has 0 spiro atoms. The normalized spacial score (nSPS) is 18.6. The standard InChI is InChI=1S/C15H18N4O4S/c1-10-4-3-5-16-13(10)15(20)19-6-7-23-9-11(19)14-12(8-17-18-14)24(2,21)22/h3-5,8,11H,6-7,9H2,1-2H3,(H,17,18)/t11-/m1/s1. The molecule has 2 aromatic rings. The lowest BCUT2D eigenvalue weighted by Gasteiger charge is -2.35. The number of H-pyrrole nitrogens is 1. The van der Waals surface area contributed by atoms with Gasteiger partial charge in [-0.15, -0.1) is 0 Å². The summed E-state index contributed by atoms with van der Waals surface area (Å²) in [6, 6.07) is 3.02. The van der Waals surface area contributed by atoms with Crippen LogP contribution in [0, 0.1) is 6.92 Å². The summed E-state index contributed by atoms with van der Waals surface area (Å²) in [6.07, 6.45) is 3.93. The van der Waals surface area contributed by atoms with Crippen molar-refractivity contribution in [2.24, 2.45) is 0 Å². The van der Waals surface area contributed by atoms with E-state index in [1.54, 1.807) is 17.2 Å². The van der Waals surface area contributed by atoms with E-state index in [1.807, 2.05) is 13.0 Å². The van der Waals surface area contributed by atoms with E-state index in [4.69, 9.17) is 4.74 Å². The Kier molecular flexibility index (Phi) is 4.37. The summed E-state index contributed by atoms with van der Waals surface area (Å²) in [5.74, 6) is -0.254. The Morgan fingerprint density at radius 3 is 2.96 bits per heavy atom. The topological polar surface area (TPSA) is 105 Å². The smallest absolute Gasteiger partial charge is 0.273 e. The van der Waals surface area contributed by atoms with Crippen LogP contribution in [0.1, 0.15) is 27.8 Å². The van der Waals surface area contributed by atoms with Crippen LogP contribution in [0.4, 0.5) is 0 Å². The Labute approximate surface area is 139 Å². The van der Waals surface area contributed by atoms with Crippen molar-refractivity contribution >= 4 is 15.7 Å². The summed E-state index contributed by atoms with van der Waals surface area (Å²) in [5.41, 5.74) is 1.48. The Morgan fingerprint density at radius 2 is 2.25 bits per heavy atom. The number of aromatic nitrogens is 3. The Balaban J connectivity index is 2.00. The highest BCUT2D eigenvalue weighted by molar-refractivity contribution is 7.90. The van der Waals surface area contributed by atoms with Gasteiger partial charge in [0.15, 0.2) is 9.84 Å². The number of aryl methyl sites for hydroxylation is 1. The molecule has 1 aliphatic heterocycles. The molecule has 1 amide bonds. The highest BCUT2D eigenvalue weighted by atomic mass is 32.2. The predicted molar refractivity (Wildman–Crippen MR) is 85.3 cm³/mol. The number of pyridine rings is 1. The molecule has 0 aromatic carbocycles. The molecular weight excluding hydrogens is 332 g/mol. The second kappa shape index (κ2) is 6.33. The largest absolute Gasteiger partial charge is 0.377 e. The van der Waals surface area contributed by atoms with E-state index in [0.717, 1.165) is 11.8 Å². The van der Waals surface area contributed by atoms with Gasteiger partial charge >= 0.3 is 0 Å². The first-order valence-electron chi connectivity index (χ1n) is 7.43. The van der Waals surface area contributed by atoms with Gasteiger partial charge < -0.3 is 9.64 Å². The maximum Gasteiger partial charge on any atom is 0.273 e. The van der Waals surface area contributed by atoms with Gasteiger partial charge in [-0.3, -0.25) is 14.9 Å². The highest BCUT2D eigenvalue weighted by Crippen LogP contribution is 2.29. The molecule has 9 heteroatoms. The molecule has 128 valence electrons. The fourth-order valence-electron chi connectivity index (χ4n) is 2.75. The zero-order valence-electron chi connectivity index (χ0n) is 13.4. The molecule has 1 atom stereocenters. The molecule has 1 saturated heterocycles. The van der Waals surface area contributed by atoms with Crippen molar-refractivity contribution in [2.75, 3.05) is 26.0 Å². The molecule has 0 unspecified atom stereocenters. The second-order valence-corrected chi connectivity index (χ2v) is 7.66. The Bertz CT molecular complexity index is 862. The van der Waals surface area contributed by atoms with Gasteiger partial charge in [-0.25, -0.2) is 8.42 Å². The van der Waals surface area contributed by atoms with Gasteiger partial charge in [0.25, 0.3) is 5.91 Å².